The van der Waals surface area contributed by atoms with Crippen LogP contribution in [0.5, 0.6) is 0 Å². The molecule has 0 saturated carbocycles. The first kappa shape index (κ1) is 18.5. The summed E-state index contributed by atoms with van der Waals surface area (Å²) in [5, 5.41) is 11.4. The summed E-state index contributed by atoms with van der Waals surface area (Å²) in [5.41, 5.74) is 1.40. The zero-order valence-corrected chi connectivity index (χ0v) is 16.2. The van der Waals surface area contributed by atoms with E-state index in [1.807, 2.05) is 23.1 Å². The highest BCUT2D eigenvalue weighted by Crippen LogP contribution is 2.27. The number of amides is 2. The molecule has 144 valence electrons. The second-order valence-electron chi connectivity index (χ2n) is 6.19. The fourth-order valence-corrected chi connectivity index (χ4v) is 3.49. The lowest BCUT2D eigenvalue weighted by Gasteiger charge is -2.35. The number of carbonyl (C=O) groups excluding carboxylic acids is 1. The van der Waals surface area contributed by atoms with Gasteiger partial charge in [0.1, 0.15) is 5.82 Å². The highest BCUT2D eigenvalue weighted by atomic mass is 35.5. The molecule has 1 aromatic carbocycles. The zero-order valence-electron chi connectivity index (χ0n) is 14.7. The minimum absolute atomic E-state index is 0.169. The number of pyridine rings is 1. The number of hydrogen-bond donors (Lipinski definition) is 1. The van der Waals surface area contributed by atoms with Crippen LogP contribution in [0.4, 0.5) is 16.3 Å². The maximum atomic E-state index is 12.6. The molecule has 1 fully saturated rings. The second kappa shape index (κ2) is 8.04. The largest absolute Gasteiger partial charge is 0.423 e. The van der Waals surface area contributed by atoms with Gasteiger partial charge in [0.25, 0.3) is 0 Å². The summed E-state index contributed by atoms with van der Waals surface area (Å²) in [6.45, 7) is 2.36. The van der Waals surface area contributed by atoms with Gasteiger partial charge in [-0.15, -0.1) is 10.2 Å². The summed E-state index contributed by atoms with van der Waals surface area (Å²) in [5.74, 6) is 1.08. The Balaban J connectivity index is 1.37. The van der Waals surface area contributed by atoms with Crippen LogP contribution in [0.15, 0.2) is 47.3 Å². The van der Waals surface area contributed by atoms with Gasteiger partial charge in [-0.1, -0.05) is 29.3 Å². The van der Waals surface area contributed by atoms with Gasteiger partial charge in [-0.2, -0.15) is 0 Å². The number of aromatic nitrogens is 3. The van der Waals surface area contributed by atoms with E-state index < -0.39 is 0 Å². The third kappa shape index (κ3) is 4.02. The molecule has 28 heavy (non-hydrogen) atoms. The van der Waals surface area contributed by atoms with E-state index in [4.69, 9.17) is 27.6 Å². The lowest BCUT2D eigenvalue weighted by Crippen LogP contribution is -2.50. The fourth-order valence-electron chi connectivity index (χ4n) is 2.99. The van der Waals surface area contributed by atoms with Crippen molar-refractivity contribution in [3.8, 4) is 11.5 Å². The van der Waals surface area contributed by atoms with Crippen molar-refractivity contribution in [2.24, 2.45) is 0 Å². The first-order chi connectivity index (χ1) is 13.6. The summed E-state index contributed by atoms with van der Waals surface area (Å²) in [7, 11) is 0. The summed E-state index contributed by atoms with van der Waals surface area (Å²) in [4.78, 5) is 20.7. The van der Waals surface area contributed by atoms with E-state index in [1.165, 1.54) is 6.39 Å². The molecule has 0 radical (unpaired) electrons. The Morgan fingerprint density at radius 3 is 2.68 bits per heavy atom. The predicted molar refractivity (Wildman–Crippen MR) is 107 cm³/mol. The van der Waals surface area contributed by atoms with Crippen LogP contribution in [0.25, 0.3) is 11.5 Å². The number of benzene rings is 1. The van der Waals surface area contributed by atoms with Crippen molar-refractivity contribution >= 4 is 40.7 Å². The molecule has 8 nitrogen and oxygen atoms in total. The molecule has 1 aliphatic rings. The number of nitrogens with zero attached hydrogens (tertiary/aromatic N) is 5. The predicted octanol–water partition coefficient (Wildman–Crippen LogP) is 3.79. The van der Waals surface area contributed by atoms with Crippen LogP contribution >= 0.6 is 23.2 Å². The smallest absolute Gasteiger partial charge is 0.321 e. The molecular formula is C18H16Cl2N6O2. The van der Waals surface area contributed by atoms with Crippen LogP contribution in [0, 0.1) is 0 Å². The van der Waals surface area contributed by atoms with E-state index in [0.29, 0.717) is 53.6 Å². The molecule has 4 rings (SSSR count). The lowest BCUT2D eigenvalue weighted by atomic mass is 10.2. The monoisotopic (exact) mass is 418 g/mol. The Bertz CT molecular complexity index is 974. The topological polar surface area (TPSA) is 87.4 Å². The highest BCUT2D eigenvalue weighted by molar-refractivity contribution is 6.36. The van der Waals surface area contributed by atoms with Crippen LogP contribution in [-0.4, -0.2) is 52.3 Å². The molecule has 0 unspecified atom stereocenters. The molecular weight excluding hydrogens is 403 g/mol. The Morgan fingerprint density at radius 1 is 1.14 bits per heavy atom. The minimum Gasteiger partial charge on any atom is -0.423 e. The zero-order chi connectivity index (χ0) is 19.5. The summed E-state index contributed by atoms with van der Waals surface area (Å²) in [6.07, 6.45) is 2.83. The summed E-state index contributed by atoms with van der Waals surface area (Å²) < 4.78 is 5.19. The Morgan fingerprint density at radius 2 is 1.96 bits per heavy atom. The van der Waals surface area contributed by atoms with Gasteiger partial charge in [-0.25, -0.2) is 9.78 Å². The third-order valence-corrected chi connectivity index (χ3v) is 4.86. The number of carbonyl (C=O) groups is 1. The number of rotatable bonds is 3. The number of anilines is 2. The molecule has 10 heteroatoms. The van der Waals surface area contributed by atoms with Crippen LogP contribution in [0.2, 0.25) is 10.0 Å². The van der Waals surface area contributed by atoms with Gasteiger partial charge >= 0.3 is 6.03 Å². The summed E-state index contributed by atoms with van der Waals surface area (Å²) in [6, 6.07) is 8.76. The van der Waals surface area contributed by atoms with Crippen molar-refractivity contribution in [2.75, 3.05) is 36.4 Å². The maximum absolute atomic E-state index is 12.6. The molecule has 1 aliphatic heterocycles. The molecule has 1 saturated heterocycles. The van der Waals surface area contributed by atoms with Gasteiger partial charge in [-0.3, -0.25) is 0 Å². The molecule has 0 bridgehead atoms. The normalized spacial score (nSPS) is 14.2. The standard InChI is InChI=1S/C18H16Cl2N6O2/c19-13-9-15(20)16(21-10-13)25-4-6-26(7-5-25)18(27)23-14-3-1-2-12(8-14)17-24-22-11-28-17/h1-3,8-11H,4-7H2,(H,23,27). The number of nitrogens with one attached hydrogen (secondary N) is 1. The molecule has 3 heterocycles. The van der Waals surface area contributed by atoms with Crippen LogP contribution in [-0.2, 0) is 0 Å². The first-order valence-electron chi connectivity index (χ1n) is 8.59. The van der Waals surface area contributed by atoms with Crippen molar-refractivity contribution in [2.45, 2.75) is 0 Å². The van der Waals surface area contributed by atoms with Crippen LogP contribution in [0.1, 0.15) is 0 Å². The van der Waals surface area contributed by atoms with E-state index >= 15 is 0 Å². The first-order valence-corrected chi connectivity index (χ1v) is 9.34. The molecule has 0 aliphatic carbocycles. The number of halogens is 2. The van der Waals surface area contributed by atoms with E-state index in [0.717, 1.165) is 5.56 Å². The molecule has 1 N–H and O–H groups in total. The number of piperazine rings is 1. The van der Waals surface area contributed by atoms with Crippen LogP contribution < -0.4 is 10.2 Å². The Labute approximate surface area is 171 Å². The lowest BCUT2D eigenvalue weighted by molar-refractivity contribution is 0.208. The molecule has 2 aromatic heterocycles. The Hall–Kier alpha value is -2.84. The van der Waals surface area contributed by atoms with E-state index in [2.05, 4.69) is 20.5 Å². The van der Waals surface area contributed by atoms with E-state index in [-0.39, 0.29) is 6.03 Å². The highest BCUT2D eigenvalue weighted by Gasteiger charge is 2.23. The van der Waals surface area contributed by atoms with Gasteiger partial charge in [0, 0.05) is 43.6 Å². The second-order valence-corrected chi connectivity index (χ2v) is 7.03. The molecule has 0 spiro atoms. The minimum atomic E-state index is -0.169. The number of hydrogen-bond acceptors (Lipinski definition) is 6. The average Bonchev–Trinajstić information content (AvgIpc) is 3.23. The third-order valence-electron chi connectivity index (χ3n) is 4.38. The quantitative estimate of drug-likeness (QED) is 0.695. The molecule has 0 atom stereocenters. The Kier molecular flexibility index (Phi) is 5.31. The van der Waals surface area contributed by atoms with Crippen molar-refractivity contribution in [1.29, 1.82) is 0 Å². The average molecular weight is 419 g/mol. The van der Waals surface area contributed by atoms with Gasteiger partial charge in [0.2, 0.25) is 12.3 Å². The van der Waals surface area contributed by atoms with Gasteiger partial charge in [0.15, 0.2) is 0 Å². The van der Waals surface area contributed by atoms with Crippen molar-refractivity contribution in [3.05, 3.63) is 53.0 Å². The van der Waals surface area contributed by atoms with Crippen LogP contribution in [0.3, 0.4) is 0 Å². The van der Waals surface area contributed by atoms with Gasteiger partial charge in [0.05, 0.1) is 10.0 Å². The maximum Gasteiger partial charge on any atom is 0.321 e. The van der Waals surface area contributed by atoms with E-state index in [1.54, 1.807) is 23.2 Å². The van der Waals surface area contributed by atoms with Gasteiger partial charge < -0.3 is 19.5 Å². The van der Waals surface area contributed by atoms with Crippen molar-refractivity contribution in [3.63, 3.8) is 0 Å². The van der Waals surface area contributed by atoms with E-state index in [9.17, 15) is 4.79 Å². The molecule has 2 amide bonds. The van der Waals surface area contributed by atoms with Gasteiger partial charge in [-0.05, 0) is 24.3 Å². The summed E-state index contributed by atoms with van der Waals surface area (Å²) >= 11 is 12.1. The fraction of sp³-hybridized carbons (Fsp3) is 0.222. The SMILES string of the molecule is O=C(Nc1cccc(-c2nnco2)c1)N1CCN(c2ncc(Cl)cc2Cl)CC1. The van der Waals surface area contributed by atoms with Crippen molar-refractivity contribution in [1.82, 2.24) is 20.1 Å². The number of urea groups is 1. The van der Waals surface area contributed by atoms with Crippen molar-refractivity contribution < 1.29 is 9.21 Å². The molecule has 3 aromatic rings.